The van der Waals surface area contributed by atoms with Crippen LogP contribution >= 0.6 is 11.8 Å². The summed E-state index contributed by atoms with van der Waals surface area (Å²) in [5.41, 5.74) is 12.6. The first kappa shape index (κ1) is 31.6. The molecule has 53 heavy (non-hydrogen) atoms. The van der Waals surface area contributed by atoms with Crippen LogP contribution in [0.4, 0.5) is 0 Å². The summed E-state index contributed by atoms with van der Waals surface area (Å²) < 4.78 is 0. The van der Waals surface area contributed by atoms with Crippen molar-refractivity contribution in [2.45, 2.75) is 34.5 Å². The molecule has 2 aliphatic rings. The van der Waals surface area contributed by atoms with Gasteiger partial charge in [-0.3, -0.25) is 0 Å². The highest BCUT2D eigenvalue weighted by atomic mass is 32.2. The predicted octanol–water partition coefficient (Wildman–Crippen LogP) is 12.0. The maximum Gasteiger partial charge on any atom is 0.164 e. The number of rotatable bonds is 4. The second kappa shape index (κ2) is 12.3. The summed E-state index contributed by atoms with van der Waals surface area (Å²) in [6.45, 7) is 4.76. The van der Waals surface area contributed by atoms with Gasteiger partial charge in [0.25, 0.3) is 0 Å². The monoisotopic (exact) mass is 697 g/mol. The molecule has 1 spiro atoms. The van der Waals surface area contributed by atoms with Gasteiger partial charge in [-0.05, 0) is 68.8 Å². The van der Waals surface area contributed by atoms with Gasteiger partial charge in [-0.1, -0.05) is 177 Å². The Bertz CT molecular complexity index is 2580. The van der Waals surface area contributed by atoms with Gasteiger partial charge in [-0.2, -0.15) is 0 Å². The van der Waals surface area contributed by atoms with Crippen LogP contribution < -0.4 is 0 Å². The lowest BCUT2D eigenvalue weighted by Gasteiger charge is -2.50. The van der Waals surface area contributed by atoms with E-state index < -0.39 is 5.41 Å². The lowest BCUT2D eigenvalue weighted by Crippen LogP contribution is -2.43. The highest BCUT2D eigenvalue weighted by Gasteiger charge is 2.52. The molecule has 7 aromatic carbocycles. The van der Waals surface area contributed by atoms with E-state index in [1.165, 1.54) is 43.2 Å². The lowest BCUT2D eigenvalue weighted by molar-refractivity contribution is 0.549. The zero-order chi connectivity index (χ0) is 35.6. The highest BCUT2D eigenvalue weighted by molar-refractivity contribution is 7.99. The first-order chi connectivity index (χ1) is 26.0. The molecule has 2 heterocycles. The van der Waals surface area contributed by atoms with Crippen molar-refractivity contribution in [3.8, 4) is 45.3 Å². The van der Waals surface area contributed by atoms with Gasteiger partial charge in [0.1, 0.15) is 0 Å². The molecule has 10 rings (SSSR count). The Hall–Kier alpha value is -6.10. The van der Waals surface area contributed by atoms with Gasteiger partial charge >= 0.3 is 0 Å². The van der Waals surface area contributed by atoms with Crippen molar-refractivity contribution in [3.05, 3.63) is 209 Å². The van der Waals surface area contributed by atoms with Gasteiger partial charge in [0.05, 0.1) is 5.41 Å². The Morgan fingerprint density at radius 2 is 0.774 bits per heavy atom. The van der Waals surface area contributed by atoms with Crippen LogP contribution in [0.25, 0.3) is 45.3 Å². The Kier molecular flexibility index (Phi) is 7.31. The standard InChI is InChI=1S/C49H35N3S/c1-48(2)37-22-9-10-23-39(37)49(40-24-11-13-26-43(40)53-44-27-14-12-25-41(44)49)42-31-35(28-29-38(42)48)34-20-15-21-36(30-34)47-51-45(32-16-5-3-6-17-32)50-46(52-47)33-18-7-4-8-19-33/h3-31H,1-2H3. The van der Waals surface area contributed by atoms with Crippen LogP contribution in [0.2, 0.25) is 0 Å². The van der Waals surface area contributed by atoms with Crippen LogP contribution in [-0.4, -0.2) is 15.0 Å². The topological polar surface area (TPSA) is 38.7 Å². The fourth-order valence-electron chi connectivity index (χ4n) is 8.57. The summed E-state index contributed by atoms with van der Waals surface area (Å²) in [6, 6.07) is 63.2. The molecule has 0 saturated heterocycles. The zero-order valence-electron chi connectivity index (χ0n) is 29.5. The smallest absolute Gasteiger partial charge is 0.164 e. The molecular formula is C49H35N3S. The van der Waals surface area contributed by atoms with Crippen molar-refractivity contribution in [3.63, 3.8) is 0 Å². The molecule has 0 radical (unpaired) electrons. The number of hydrogen-bond donors (Lipinski definition) is 0. The van der Waals surface area contributed by atoms with Gasteiger partial charge in [0.2, 0.25) is 0 Å². The number of aromatic nitrogens is 3. The number of fused-ring (bicyclic) bond motifs is 8. The second-order valence-corrected chi connectivity index (χ2v) is 15.5. The molecule has 0 N–H and O–H groups in total. The van der Waals surface area contributed by atoms with Gasteiger partial charge in [-0.15, -0.1) is 0 Å². The van der Waals surface area contributed by atoms with Gasteiger partial charge < -0.3 is 0 Å². The van der Waals surface area contributed by atoms with E-state index in [1.54, 1.807) is 0 Å². The molecule has 0 bridgehead atoms. The normalized spacial score (nSPS) is 14.5. The average molecular weight is 698 g/mol. The SMILES string of the molecule is CC1(C)c2ccccc2C2(c3ccccc3Sc3ccccc32)c2cc(-c3cccc(-c4nc(-c5ccccc5)nc(-c5ccccc5)n4)c3)ccc21. The lowest BCUT2D eigenvalue weighted by atomic mass is 9.54. The number of nitrogens with zero attached hydrogens (tertiary/aromatic N) is 3. The summed E-state index contributed by atoms with van der Waals surface area (Å²) in [7, 11) is 0. The molecule has 1 aromatic heterocycles. The molecule has 3 nitrogen and oxygen atoms in total. The van der Waals surface area contributed by atoms with Crippen LogP contribution in [-0.2, 0) is 10.8 Å². The first-order valence-electron chi connectivity index (χ1n) is 18.1. The Morgan fingerprint density at radius 1 is 0.340 bits per heavy atom. The second-order valence-electron chi connectivity index (χ2n) is 14.4. The third-order valence-corrected chi connectivity index (χ3v) is 12.2. The van der Waals surface area contributed by atoms with Crippen LogP contribution in [0.3, 0.4) is 0 Å². The quantitative estimate of drug-likeness (QED) is 0.183. The predicted molar refractivity (Wildman–Crippen MR) is 216 cm³/mol. The van der Waals surface area contributed by atoms with E-state index in [-0.39, 0.29) is 5.41 Å². The molecule has 0 unspecified atom stereocenters. The summed E-state index contributed by atoms with van der Waals surface area (Å²) >= 11 is 1.88. The summed E-state index contributed by atoms with van der Waals surface area (Å²) in [5.74, 6) is 1.96. The highest BCUT2D eigenvalue weighted by Crippen LogP contribution is 2.61. The van der Waals surface area contributed by atoms with Crippen LogP contribution in [0, 0.1) is 0 Å². The fourth-order valence-corrected chi connectivity index (χ4v) is 9.77. The van der Waals surface area contributed by atoms with E-state index in [9.17, 15) is 0 Å². The van der Waals surface area contributed by atoms with Crippen molar-refractivity contribution in [1.29, 1.82) is 0 Å². The average Bonchev–Trinajstić information content (AvgIpc) is 3.23. The molecule has 0 amide bonds. The summed E-state index contributed by atoms with van der Waals surface area (Å²) in [5, 5.41) is 0. The minimum atomic E-state index is -0.475. The molecular weight excluding hydrogens is 663 g/mol. The van der Waals surface area contributed by atoms with E-state index >= 15 is 0 Å². The molecule has 252 valence electrons. The van der Waals surface area contributed by atoms with E-state index in [2.05, 4.69) is 129 Å². The van der Waals surface area contributed by atoms with Crippen LogP contribution in [0.1, 0.15) is 47.2 Å². The molecule has 0 saturated carbocycles. The molecule has 0 atom stereocenters. The molecule has 1 aliphatic carbocycles. The maximum atomic E-state index is 5.04. The van der Waals surface area contributed by atoms with E-state index in [0.717, 1.165) is 27.8 Å². The Labute approximate surface area is 314 Å². The number of hydrogen-bond acceptors (Lipinski definition) is 4. The minimum Gasteiger partial charge on any atom is -0.208 e. The van der Waals surface area contributed by atoms with Crippen molar-refractivity contribution in [1.82, 2.24) is 15.0 Å². The van der Waals surface area contributed by atoms with Crippen molar-refractivity contribution in [2.24, 2.45) is 0 Å². The Balaban J connectivity index is 1.19. The van der Waals surface area contributed by atoms with E-state index in [4.69, 9.17) is 15.0 Å². The Morgan fingerprint density at radius 3 is 1.38 bits per heavy atom. The zero-order valence-corrected chi connectivity index (χ0v) is 30.3. The molecule has 0 fully saturated rings. The molecule has 1 aliphatic heterocycles. The van der Waals surface area contributed by atoms with Crippen LogP contribution in [0.5, 0.6) is 0 Å². The number of benzene rings is 7. The molecule has 4 heteroatoms. The van der Waals surface area contributed by atoms with Crippen molar-refractivity contribution < 1.29 is 0 Å². The fraction of sp³-hybridized carbons (Fsp3) is 0.0816. The summed E-state index contributed by atoms with van der Waals surface area (Å²) in [6.07, 6.45) is 0. The third kappa shape index (κ3) is 4.93. The first-order valence-corrected chi connectivity index (χ1v) is 18.9. The van der Waals surface area contributed by atoms with Crippen molar-refractivity contribution in [2.75, 3.05) is 0 Å². The van der Waals surface area contributed by atoms with Gasteiger partial charge in [0.15, 0.2) is 17.5 Å². The van der Waals surface area contributed by atoms with Crippen molar-refractivity contribution >= 4 is 11.8 Å². The molecule has 8 aromatic rings. The van der Waals surface area contributed by atoms with E-state index in [0.29, 0.717) is 17.5 Å². The third-order valence-electron chi connectivity index (χ3n) is 11.1. The van der Waals surface area contributed by atoms with Gasteiger partial charge in [0, 0.05) is 31.9 Å². The maximum absolute atomic E-state index is 5.04. The van der Waals surface area contributed by atoms with Gasteiger partial charge in [-0.25, -0.2) is 15.0 Å². The minimum absolute atomic E-state index is 0.196. The summed E-state index contributed by atoms with van der Waals surface area (Å²) in [4.78, 5) is 17.6. The van der Waals surface area contributed by atoms with Crippen LogP contribution in [0.15, 0.2) is 186 Å². The largest absolute Gasteiger partial charge is 0.208 e. The van der Waals surface area contributed by atoms with E-state index in [1.807, 2.05) is 72.4 Å².